The van der Waals surface area contributed by atoms with Crippen molar-refractivity contribution >= 4 is 17.4 Å². The number of rotatable bonds is 8. The summed E-state index contributed by atoms with van der Waals surface area (Å²) in [7, 11) is 1.64. The lowest BCUT2D eigenvalue weighted by atomic mass is 10.0. The van der Waals surface area contributed by atoms with E-state index in [0.29, 0.717) is 27.9 Å². The molecule has 0 saturated heterocycles. The summed E-state index contributed by atoms with van der Waals surface area (Å²) in [5.41, 5.74) is 2.35. The maximum absolute atomic E-state index is 13.6. The van der Waals surface area contributed by atoms with Crippen molar-refractivity contribution in [3.63, 3.8) is 0 Å². The molecule has 190 valence electrons. The van der Waals surface area contributed by atoms with Crippen LogP contribution in [0.15, 0.2) is 83.9 Å². The molecule has 0 aliphatic carbocycles. The fraction of sp³-hybridized carbons (Fsp3) is 0.138. The summed E-state index contributed by atoms with van der Waals surface area (Å²) in [6.07, 6.45) is 2.95. The second-order valence-corrected chi connectivity index (χ2v) is 8.63. The molecule has 4 aromatic rings. The van der Waals surface area contributed by atoms with Crippen LogP contribution in [0, 0.1) is 17.1 Å². The van der Waals surface area contributed by atoms with Crippen LogP contribution < -0.4 is 16.2 Å². The van der Waals surface area contributed by atoms with Gasteiger partial charge in [-0.2, -0.15) is 5.26 Å². The molecule has 0 unspecified atom stereocenters. The van der Waals surface area contributed by atoms with E-state index in [9.17, 15) is 24.0 Å². The van der Waals surface area contributed by atoms with E-state index in [1.807, 2.05) is 0 Å². The number of pyridine rings is 2. The maximum Gasteiger partial charge on any atom is 0.275 e. The van der Waals surface area contributed by atoms with Crippen LogP contribution in [0.3, 0.4) is 0 Å². The minimum absolute atomic E-state index is 0.0355. The largest absolute Gasteiger partial charge is 0.320 e. The molecule has 1 amide bonds. The molecule has 4 rings (SSSR count). The van der Waals surface area contributed by atoms with Crippen molar-refractivity contribution in [2.45, 2.75) is 19.5 Å². The van der Waals surface area contributed by atoms with Crippen molar-refractivity contribution in [1.82, 2.24) is 14.9 Å². The predicted molar refractivity (Wildman–Crippen MR) is 141 cm³/mol. The van der Waals surface area contributed by atoms with Crippen molar-refractivity contribution in [3.05, 3.63) is 118 Å². The van der Waals surface area contributed by atoms with Crippen LogP contribution in [0.5, 0.6) is 0 Å². The number of hydrogen-bond donors (Lipinski definition) is 2. The summed E-state index contributed by atoms with van der Waals surface area (Å²) in [4.78, 5) is 43.1. The average Bonchev–Trinajstić information content (AvgIpc) is 2.94. The molecule has 0 fully saturated rings. The molecular formula is C29H24FN5O3. The van der Waals surface area contributed by atoms with E-state index < -0.39 is 17.4 Å². The Morgan fingerprint density at radius 1 is 1.05 bits per heavy atom. The zero-order valence-electron chi connectivity index (χ0n) is 20.7. The van der Waals surface area contributed by atoms with Crippen molar-refractivity contribution in [2.24, 2.45) is 0 Å². The van der Waals surface area contributed by atoms with Crippen LogP contribution in [-0.4, -0.2) is 34.3 Å². The first kappa shape index (κ1) is 26.1. The first-order valence-electron chi connectivity index (χ1n) is 11.8. The SMILES string of the molecule is CN[C@H](C)C(=O)Nc1ccc(-c2cccc(C#N)c2)n(Cc2cncc(C(=O)c3ccc(F)cc3)c2)c1=O. The molecule has 2 aromatic heterocycles. The highest BCUT2D eigenvalue weighted by Crippen LogP contribution is 2.22. The molecule has 2 N–H and O–H groups in total. The quantitative estimate of drug-likeness (QED) is 0.350. The number of likely N-dealkylation sites (N-methyl/N-ethyl adjacent to an activating group) is 1. The summed E-state index contributed by atoms with van der Waals surface area (Å²) < 4.78 is 14.8. The van der Waals surface area contributed by atoms with E-state index in [1.165, 1.54) is 47.3 Å². The number of nitrogens with one attached hydrogen (secondary N) is 2. The van der Waals surface area contributed by atoms with Gasteiger partial charge in [-0.3, -0.25) is 19.4 Å². The van der Waals surface area contributed by atoms with Gasteiger partial charge in [0.1, 0.15) is 11.5 Å². The third-order valence-corrected chi connectivity index (χ3v) is 6.05. The van der Waals surface area contributed by atoms with Gasteiger partial charge in [0.25, 0.3) is 5.56 Å². The first-order valence-corrected chi connectivity index (χ1v) is 11.8. The fourth-order valence-corrected chi connectivity index (χ4v) is 3.85. The molecule has 38 heavy (non-hydrogen) atoms. The van der Waals surface area contributed by atoms with Crippen LogP contribution in [0.2, 0.25) is 0 Å². The number of anilines is 1. The topological polar surface area (TPSA) is 117 Å². The van der Waals surface area contributed by atoms with Crippen LogP contribution in [0.25, 0.3) is 11.3 Å². The van der Waals surface area contributed by atoms with Gasteiger partial charge in [-0.15, -0.1) is 0 Å². The third kappa shape index (κ3) is 5.72. The van der Waals surface area contributed by atoms with Gasteiger partial charge < -0.3 is 15.2 Å². The molecular weight excluding hydrogens is 485 g/mol. The molecule has 0 bridgehead atoms. The lowest BCUT2D eigenvalue weighted by molar-refractivity contribution is -0.117. The molecule has 1 atom stereocenters. The number of nitriles is 1. The fourth-order valence-electron chi connectivity index (χ4n) is 3.85. The number of carbonyl (C=O) groups is 2. The van der Waals surface area contributed by atoms with Gasteiger partial charge in [-0.05, 0) is 79.7 Å². The van der Waals surface area contributed by atoms with Gasteiger partial charge in [0, 0.05) is 23.5 Å². The minimum atomic E-state index is -0.520. The van der Waals surface area contributed by atoms with Crippen LogP contribution >= 0.6 is 0 Å². The monoisotopic (exact) mass is 509 g/mol. The number of halogens is 1. The van der Waals surface area contributed by atoms with Gasteiger partial charge in [-0.25, -0.2) is 4.39 Å². The van der Waals surface area contributed by atoms with Crippen LogP contribution in [-0.2, 0) is 11.3 Å². The first-order chi connectivity index (χ1) is 18.3. The van der Waals surface area contributed by atoms with Gasteiger partial charge in [-0.1, -0.05) is 12.1 Å². The molecule has 0 aliphatic rings. The number of ketones is 1. The number of benzene rings is 2. The Labute approximate surface area is 218 Å². The Balaban J connectivity index is 1.76. The Morgan fingerprint density at radius 3 is 2.53 bits per heavy atom. The zero-order valence-corrected chi connectivity index (χ0v) is 20.7. The second kappa shape index (κ2) is 11.4. The molecule has 0 saturated carbocycles. The van der Waals surface area contributed by atoms with Crippen molar-refractivity contribution in [1.29, 1.82) is 5.26 Å². The number of amides is 1. The summed E-state index contributed by atoms with van der Waals surface area (Å²) >= 11 is 0. The predicted octanol–water partition coefficient (Wildman–Crippen LogP) is 3.75. The third-order valence-electron chi connectivity index (χ3n) is 6.05. The Kier molecular flexibility index (Phi) is 7.85. The Bertz CT molecular complexity index is 1610. The van der Waals surface area contributed by atoms with E-state index >= 15 is 0 Å². The molecule has 2 heterocycles. The Hall–Kier alpha value is -4.94. The number of carbonyl (C=O) groups excluding carboxylic acids is 2. The molecule has 0 radical (unpaired) electrons. The van der Waals surface area contributed by atoms with E-state index in [1.54, 1.807) is 50.4 Å². The number of nitrogens with zero attached hydrogens (tertiary/aromatic N) is 3. The highest BCUT2D eigenvalue weighted by atomic mass is 19.1. The normalized spacial score (nSPS) is 11.4. The standard InChI is InChI=1S/C29H24FN5O3/c1-18(32-2)28(37)34-25-10-11-26(22-5-3-4-19(12-22)14-31)35(29(25)38)17-20-13-23(16-33-15-20)27(36)21-6-8-24(30)9-7-21/h3-13,15-16,18,32H,17H2,1-2H3,(H,34,37)/t18-/m1/s1. The molecule has 0 spiro atoms. The Morgan fingerprint density at radius 2 is 1.82 bits per heavy atom. The number of hydrogen-bond acceptors (Lipinski definition) is 6. The van der Waals surface area contributed by atoms with Gasteiger partial charge >= 0.3 is 0 Å². The van der Waals surface area contributed by atoms with E-state index in [2.05, 4.69) is 21.7 Å². The lowest BCUT2D eigenvalue weighted by Gasteiger charge is -2.17. The van der Waals surface area contributed by atoms with Gasteiger partial charge in [0.15, 0.2) is 5.78 Å². The summed E-state index contributed by atoms with van der Waals surface area (Å²) in [5.74, 6) is -1.16. The van der Waals surface area contributed by atoms with Crippen molar-refractivity contribution in [3.8, 4) is 17.3 Å². The lowest BCUT2D eigenvalue weighted by Crippen LogP contribution is -2.37. The molecule has 0 aliphatic heterocycles. The van der Waals surface area contributed by atoms with E-state index in [0.717, 1.165) is 0 Å². The van der Waals surface area contributed by atoms with Crippen molar-refractivity contribution in [2.75, 3.05) is 12.4 Å². The summed E-state index contributed by atoms with van der Waals surface area (Å²) in [6, 6.07) is 18.4. The second-order valence-electron chi connectivity index (χ2n) is 8.63. The van der Waals surface area contributed by atoms with Gasteiger partial charge in [0.2, 0.25) is 5.91 Å². The van der Waals surface area contributed by atoms with Gasteiger partial charge in [0.05, 0.1) is 29.9 Å². The minimum Gasteiger partial charge on any atom is -0.320 e. The summed E-state index contributed by atoms with van der Waals surface area (Å²) in [5, 5.41) is 14.8. The molecule has 2 aromatic carbocycles. The zero-order chi connectivity index (χ0) is 27.2. The molecule has 8 nitrogen and oxygen atoms in total. The highest BCUT2D eigenvalue weighted by Gasteiger charge is 2.17. The average molecular weight is 510 g/mol. The molecule has 9 heteroatoms. The maximum atomic E-state index is 13.6. The van der Waals surface area contributed by atoms with Crippen molar-refractivity contribution < 1.29 is 14.0 Å². The van der Waals surface area contributed by atoms with Crippen LogP contribution in [0.1, 0.15) is 34.0 Å². The van der Waals surface area contributed by atoms with Crippen LogP contribution in [0.4, 0.5) is 10.1 Å². The van der Waals surface area contributed by atoms with E-state index in [-0.39, 0.29) is 29.5 Å². The number of aromatic nitrogens is 2. The van der Waals surface area contributed by atoms with E-state index in [4.69, 9.17) is 0 Å². The smallest absolute Gasteiger partial charge is 0.275 e. The summed E-state index contributed by atoms with van der Waals surface area (Å²) in [6.45, 7) is 1.71. The highest BCUT2D eigenvalue weighted by molar-refractivity contribution is 6.08.